The van der Waals surface area contributed by atoms with Crippen LogP contribution in [-0.2, 0) is 12.7 Å². The number of nitro benzene ring substituents is 1. The van der Waals surface area contributed by atoms with Gasteiger partial charge < -0.3 is 4.74 Å². The standard InChI is InChI=1S/C21H21ClF3N3O3/c22-20-4-2-1-3-14(20)11-27-13-17-9-18(27)12-26(17)5-6-31-19-8-15(21(23,24)25)7-16(10-19)28(29)30/h1-4,7-8,10,17-18H,5-6,9,11-13H2. The first-order chi connectivity index (χ1) is 14.7. The maximum Gasteiger partial charge on any atom is 0.416 e. The molecule has 0 spiro atoms. The van der Waals surface area contributed by atoms with Crippen molar-refractivity contribution in [2.45, 2.75) is 31.2 Å². The highest BCUT2D eigenvalue weighted by Gasteiger charge is 2.42. The molecule has 2 heterocycles. The summed E-state index contributed by atoms with van der Waals surface area (Å²) in [6.45, 7) is 3.24. The van der Waals surface area contributed by atoms with Crippen LogP contribution in [0.2, 0.25) is 5.02 Å². The van der Waals surface area contributed by atoms with Crippen molar-refractivity contribution >= 4 is 17.3 Å². The van der Waals surface area contributed by atoms with Crippen LogP contribution in [0.5, 0.6) is 5.75 Å². The van der Waals surface area contributed by atoms with E-state index in [1.807, 2.05) is 24.3 Å². The zero-order valence-electron chi connectivity index (χ0n) is 16.5. The number of halogens is 4. The number of ether oxygens (including phenoxy) is 1. The van der Waals surface area contributed by atoms with E-state index >= 15 is 0 Å². The highest BCUT2D eigenvalue weighted by Crippen LogP contribution is 2.35. The molecule has 0 saturated carbocycles. The number of likely N-dealkylation sites (tertiary alicyclic amines) is 2. The highest BCUT2D eigenvalue weighted by molar-refractivity contribution is 6.31. The third kappa shape index (κ3) is 4.94. The van der Waals surface area contributed by atoms with Crippen LogP contribution in [0.15, 0.2) is 42.5 Å². The molecule has 10 heteroatoms. The number of nitro groups is 1. The van der Waals surface area contributed by atoms with Gasteiger partial charge in [0.25, 0.3) is 5.69 Å². The lowest BCUT2D eigenvalue weighted by Gasteiger charge is -2.34. The van der Waals surface area contributed by atoms with Crippen molar-refractivity contribution < 1.29 is 22.8 Å². The molecule has 2 bridgehead atoms. The van der Waals surface area contributed by atoms with Gasteiger partial charge in [-0.3, -0.25) is 19.9 Å². The van der Waals surface area contributed by atoms with Gasteiger partial charge in [-0.25, -0.2) is 0 Å². The molecule has 2 aromatic rings. The van der Waals surface area contributed by atoms with E-state index in [4.69, 9.17) is 16.3 Å². The van der Waals surface area contributed by atoms with E-state index in [0.717, 1.165) is 48.8 Å². The van der Waals surface area contributed by atoms with Crippen molar-refractivity contribution in [1.82, 2.24) is 9.80 Å². The van der Waals surface area contributed by atoms with Crippen molar-refractivity contribution in [3.63, 3.8) is 0 Å². The number of rotatable bonds is 7. The summed E-state index contributed by atoms with van der Waals surface area (Å²) in [5.74, 6) is -0.147. The number of fused-ring (bicyclic) bond motifs is 2. The van der Waals surface area contributed by atoms with Gasteiger partial charge in [0, 0.05) is 49.4 Å². The molecule has 166 valence electrons. The number of alkyl halides is 3. The zero-order valence-corrected chi connectivity index (χ0v) is 17.3. The molecule has 0 aromatic heterocycles. The maximum atomic E-state index is 13.0. The molecule has 4 rings (SSSR count). The molecule has 0 radical (unpaired) electrons. The van der Waals surface area contributed by atoms with Crippen LogP contribution in [0.3, 0.4) is 0 Å². The highest BCUT2D eigenvalue weighted by atomic mass is 35.5. The molecule has 6 nitrogen and oxygen atoms in total. The summed E-state index contributed by atoms with van der Waals surface area (Å²) in [6.07, 6.45) is -3.65. The summed E-state index contributed by atoms with van der Waals surface area (Å²) in [6, 6.07) is 10.9. The number of non-ortho nitro benzene ring substituents is 1. The Morgan fingerprint density at radius 1 is 1.13 bits per heavy atom. The van der Waals surface area contributed by atoms with E-state index in [9.17, 15) is 23.3 Å². The van der Waals surface area contributed by atoms with Crippen molar-refractivity contribution in [1.29, 1.82) is 0 Å². The Morgan fingerprint density at radius 2 is 1.84 bits per heavy atom. The summed E-state index contributed by atoms with van der Waals surface area (Å²) in [7, 11) is 0. The minimum absolute atomic E-state index is 0.147. The fourth-order valence-electron chi connectivity index (χ4n) is 4.36. The molecular formula is C21H21ClF3N3O3. The normalized spacial score (nSPS) is 21.5. The molecule has 2 fully saturated rings. The molecule has 0 amide bonds. The molecule has 2 atom stereocenters. The molecule has 0 N–H and O–H groups in total. The predicted octanol–water partition coefficient (Wildman–Crippen LogP) is 4.60. The minimum Gasteiger partial charge on any atom is -0.492 e. The largest absolute Gasteiger partial charge is 0.492 e. The summed E-state index contributed by atoms with van der Waals surface area (Å²) < 4.78 is 44.5. The second kappa shape index (κ2) is 8.64. The van der Waals surface area contributed by atoms with Crippen LogP contribution < -0.4 is 4.74 Å². The lowest BCUT2D eigenvalue weighted by Crippen LogP contribution is -2.47. The number of benzene rings is 2. The van der Waals surface area contributed by atoms with Crippen LogP contribution >= 0.6 is 11.6 Å². The second-order valence-electron chi connectivity index (χ2n) is 7.88. The van der Waals surface area contributed by atoms with E-state index in [1.54, 1.807) is 0 Å². The van der Waals surface area contributed by atoms with E-state index < -0.39 is 22.4 Å². The first kappa shape index (κ1) is 21.9. The molecule has 2 unspecified atom stereocenters. The Kier molecular flexibility index (Phi) is 6.09. The van der Waals surface area contributed by atoms with Crippen LogP contribution in [0, 0.1) is 10.1 Å². The molecule has 2 aromatic carbocycles. The lowest BCUT2D eigenvalue weighted by atomic mass is 10.2. The van der Waals surface area contributed by atoms with Gasteiger partial charge in [-0.1, -0.05) is 29.8 Å². The average Bonchev–Trinajstić information content (AvgIpc) is 3.29. The Balaban J connectivity index is 1.32. The van der Waals surface area contributed by atoms with Crippen LogP contribution in [0.25, 0.3) is 0 Å². The number of nitrogens with zero attached hydrogens (tertiary/aromatic N) is 3. The summed E-state index contributed by atoms with van der Waals surface area (Å²) in [4.78, 5) is 14.8. The molecule has 0 aliphatic carbocycles. The molecular weight excluding hydrogens is 435 g/mol. The number of piperazine rings is 1. The van der Waals surface area contributed by atoms with Crippen molar-refractivity contribution in [2.24, 2.45) is 0 Å². The first-order valence-corrected chi connectivity index (χ1v) is 10.3. The van der Waals surface area contributed by atoms with Crippen LogP contribution in [0.1, 0.15) is 17.5 Å². The van der Waals surface area contributed by atoms with E-state index in [2.05, 4.69) is 9.80 Å². The third-order valence-corrected chi connectivity index (χ3v) is 6.24. The van der Waals surface area contributed by atoms with Gasteiger partial charge in [-0.15, -0.1) is 0 Å². The van der Waals surface area contributed by atoms with Gasteiger partial charge in [-0.2, -0.15) is 13.2 Å². The van der Waals surface area contributed by atoms with Gasteiger partial charge in [0.15, 0.2) is 0 Å². The molecule has 31 heavy (non-hydrogen) atoms. The van der Waals surface area contributed by atoms with Crippen molar-refractivity contribution in [3.05, 3.63) is 68.7 Å². The fourth-order valence-corrected chi connectivity index (χ4v) is 4.56. The minimum atomic E-state index is -4.68. The summed E-state index contributed by atoms with van der Waals surface area (Å²) in [5.41, 5.74) is -0.634. The van der Waals surface area contributed by atoms with Gasteiger partial charge >= 0.3 is 6.18 Å². The molecule has 2 saturated heterocycles. The Hall–Kier alpha value is -2.36. The summed E-state index contributed by atoms with van der Waals surface area (Å²) >= 11 is 6.26. The smallest absolute Gasteiger partial charge is 0.416 e. The predicted molar refractivity (Wildman–Crippen MR) is 109 cm³/mol. The number of hydrogen-bond donors (Lipinski definition) is 0. The van der Waals surface area contributed by atoms with E-state index in [-0.39, 0.29) is 12.4 Å². The summed E-state index contributed by atoms with van der Waals surface area (Å²) in [5, 5.41) is 11.7. The van der Waals surface area contributed by atoms with Gasteiger partial charge in [-0.05, 0) is 24.1 Å². The average molecular weight is 456 g/mol. The van der Waals surface area contributed by atoms with Crippen LogP contribution in [0.4, 0.5) is 18.9 Å². The molecule has 2 aliphatic rings. The quantitative estimate of drug-likeness (QED) is 0.451. The topological polar surface area (TPSA) is 58.9 Å². The van der Waals surface area contributed by atoms with Crippen molar-refractivity contribution in [2.75, 3.05) is 26.2 Å². The fraction of sp³-hybridized carbons (Fsp3) is 0.429. The monoisotopic (exact) mass is 455 g/mol. The first-order valence-electron chi connectivity index (χ1n) is 9.91. The number of hydrogen-bond acceptors (Lipinski definition) is 5. The van der Waals surface area contributed by atoms with E-state index in [1.165, 1.54) is 0 Å². The Bertz CT molecular complexity index is 972. The van der Waals surface area contributed by atoms with E-state index in [0.29, 0.717) is 24.7 Å². The van der Waals surface area contributed by atoms with Gasteiger partial charge in [0.1, 0.15) is 12.4 Å². The van der Waals surface area contributed by atoms with Crippen LogP contribution in [-0.4, -0.2) is 53.0 Å². The second-order valence-corrected chi connectivity index (χ2v) is 8.29. The third-order valence-electron chi connectivity index (χ3n) is 5.88. The van der Waals surface area contributed by atoms with Crippen molar-refractivity contribution in [3.8, 4) is 5.75 Å². The zero-order chi connectivity index (χ0) is 22.2. The van der Waals surface area contributed by atoms with Gasteiger partial charge in [0.2, 0.25) is 0 Å². The molecule has 2 aliphatic heterocycles. The SMILES string of the molecule is O=[N+]([O-])c1cc(OCCN2CC3CC2CN3Cc2ccccc2Cl)cc(C(F)(F)F)c1. The van der Waals surface area contributed by atoms with Gasteiger partial charge in [0.05, 0.1) is 16.6 Å². The Morgan fingerprint density at radius 3 is 2.48 bits per heavy atom. The maximum absolute atomic E-state index is 13.0. The lowest BCUT2D eigenvalue weighted by molar-refractivity contribution is -0.385. The Labute approximate surface area is 182 Å².